The van der Waals surface area contributed by atoms with E-state index >= 15 is 0 Å². The van der Waals surface area contributed by atoms with Crippen molar-refractivity contribution in [2.75, 3.05) is 18.0 Å². The standard InChI is InChI=1S/C25H24N4O3S/c1-3-29(4-2)20-10-9-18-13-21(23(26)30)25(32-22(18)14-20)28-27-24(31)17-7-5-16(6-8-17)19-11-12-33-15-19/h5-15H,3-4H2,1-2H3,(H2,26,30)(H,27,31)/b28-25-. The summed E-state index contributed by atoms with van der Waals surface area (Å²) >= 11 is 1.61. The van der Waals surface area contributed by atoms with Gasteiger partial charge in [0.05, 0.1) is 0 Å². The van der Waals surface area contributed by atoms with Crippen molar-refractivity contribution in [3.05, 3.63) is 82.0 Å². The highest BCUT2D eigenvalue weighted by Crippen LogP contribution is 2.23. The maximum absolute atomic E-state index is 12.6. The van der Waals surface area contributed by atoms with Crippen LogP contribution < -0.4 is 21.6 Å². The van der Waals surface area contributed by atoms with E-state index in [1.807, 2.05) is 47.2 Å². The number of nitrogens with one attached hydrogen (secondary N) is 1. The number of carbonyl (C=O) groups is 2. The van der Waals surface area contributed by atoms with Crippen LogP contribution in [0.2, 0.25) is 0 Å². The lowest BCUT2D eigenvalue weighted by Crippen LogP contribution is -2.27. The van der Waals surface area contributed by atoms with E-state index in [0.29, 0.717) is 16.5 Å². The van der Waals surface area contributed by atoms with Gasteiger partial charge in [-0.15, -0.1) is 5.10 Å². The topological polar surface area (TPSA) is 101 Å². The smallest absolute Gasteiger partial charge is 0.271 e. The van der Waals surface area contributed by atoms with Gasteiger partial charge in [0.2, 0.25) is 5.55 Å². The Hall–Kier alpha value is -3.91. The van der Waals surface area contributed by atoms with Crippen LogP contribution in [-0.2, 0) is 0 Å². The van der Waals surface area contributed by atoms with E-state index in [0.717, 1.165) is 29.9 Å². The minimum Gasteiger partial charge on any atom is -0.436 e. The third-order valence-electron chi connectivity index (χ3n) is 5.39. The van der Waals surface area contributed by atoms with Gasteiger partial charge in [0.1, 0.15) is 11.1 Å². The largest absolute Gasteiger partial charge is 0.436 e. The number of nitrogens with zero attached hydrogens (tertiary/aromatic N) is 2. The molecular formula is C25H24N4O3S. The number of benzene rings is 2. The molecule has 0 bridgehead atoms. The molecule has 33 heavy (non-hydrogen) atoms. The minimum atomic E-state index is -0.693. The third-order valence-corrected chi connectivity index (χ3v) is 6.07. The fraction of sp³-hybridized carbons (Fsp3) is 0.160. The van der Waals surface area contributed by atoms with E-state index in [-0.39, 0.29) is 11.1 Å². The molecule has 2 aromatic carbocycles. The highest BCUT2D eigenvalue weighted by atomic mass is 32.1. The van der Waals surface area contributed by atoms with E-state index in [9.17, 15) is 9.59 Å². The number of hydrogen-bond donors (Lipinski definition) is 2. The summed E-state index contributed by atoms with van der Waals surface area (Å²) in [6.07, 6.45) is 0. The Labute approximate surface area is 195 Å². The van der Waals surface area contributed by atoms with Gasteiger partial charge in [-0.05, 0) is 72.1 Å². The van der Waals surface area contributed by atoms with Crippen molar-refractivity contribution in [3.63, 3.8) is 0 Å². The molecule has 3 N–H and O–H groups in total. The van der Waals surface area contributed by atoms with Crippen LogP contribution >= 0.6 is 11.3 Å². The quantitative estimate of drug-likeness (QED) is 0.400. The summed E-state index contributed by atoms with van der Waals surface area (Å²) < 4.78 is 5.88. The second-order valence-corrected chi connectivity index (χ2v) is 8.15. The second kappa shape index (κ2) is 9.70. The number of carbonyl (C=O) groups excluding carboxylic acids is 2. The summed E-state index contributed by atoms with van der Waals surface area (Å²) in [7, 11) is 0. The number of nitrogens with two attached hydrogens (primary N) is 1. The lowest BCUT2D eigenvalue weighted by Gasteiger charge is -2.21. The van der Waals surface area contributed by atoms with E-state index < -0.39 is 11.8 Å². The Morgan fingerprint density at radius 2 is 1.79 bits per heavy atom. The number of amides is 2. The minimum absolute atomic E-state index is 0.0464. The van der Waals surface area contributed by atoms with Gasteiger partial charge in [0.25, 0.3) is 11.8 Å². The Balaban J connectivity index is 1.65. The van der Waals surface area contributed by atoms with Gasteiger partial charge < -0.3 is 15.1 Å². The summed E-state index contributed by atoms with van der Waals surface area (Å²) in [6, 6.07) is 16.6. The highest BCUT2D eigenvalue weighted by Gasteiger charge is 2.12. The number of primary amides is 1. The number of thiophene rings is 1. The van der Waals surface area contributed by atoms with Crippen molar-refractivity contribution in [2.45, 2.75) is 13.8 Å². The number of fused-ring (bicyclic) bond motifs is 1. The van der Waals surface area contributed by atoms with Crippen LogP contribution in [0, 0.1) is 0 Å². The molecular weight excluding hydrogens is 436 g/mol. The molecule has 0 aliphatic heterocycles. The molecule has 7 nitrogen and oxygen atoms in total. The van der Waals surface area contributed by atoms with Gasteiger partial charge in [-0.2, -0.15) is 11.3 Å². The molecule has 2 heterocycles. The molecule has 0 saturated heterocycles. The van der Waals surface area contributed by atoms with Crippen LogP contribution in [0.4, 0.5) is 5.69 Å². The third kappa shape index (κ3) is 4.80. The molecule has 0 fully saturated rings. The predicted octanol–water partition coefficient (Wildman–Crippen LogP) is 4.35. The number of hydrogen-bond acceptors (Lipinski definition) is 6. The molecule has 0 aliphatic carbocycles. The lowest BCUT2D eigenvalue weighted by atomic mass is 10.1. The van der Waals surface area contributed by atoms with Crippen LogP contribution in [0.1, 0.15) is 34.6 Å². The fourth-order valence-electron chi connectivity index (χ4n) is 3.56. The molecule has 2 amide bonds. The Kier molecular flexibility index (Phi) is 6.55. The van der Waals surface area contributed by atoms with Gasteiger partial charge in [-0.25, -0.2) is 5.43 Å². The Morgan fingerprint density at radius 1 is 1.03 bits per heavy atom. The zero-order chi connectivity index (χ0) is 23.4. The summed E-state index contributed by atoms with van der Waals surface area (Å²) in [4.78, 5) is 26.8. The maximum atomic E-state index is 12.6. The van der Waals surface area contributed by atoms with Crippen molar-refractivity contribution in [3.8, 4) is 11.1 Å². The zero-order valence-corrected chi connectivity index (χ0v) is 19.2. The van der Waals surface area contributed by atoms with Crippen molar-refractivity contribution < 1.29 is 14.0 Å². The summed E-state index contributed by atoms with van der Waals surface area (Å²) in [6.45, 7) is 5.84. The molecule has 0 spiro atoms. The SMILES string of the molecule is CCN(CC)c1ccc2cc(C(N)=O)/c(=N/NC(=O)c3ccc(-c4ccsc4)cc3)oc2c1. The molecule has 0 unspecified atom stereocenters. The van der Waals surface area contributed by atoms with Gasteiger partial charge in [0, 0.05) is 35.8 Å². The molecule has 0 radical (unpaired) electrons. The molecule has 4 rings (SSSR count). The first-order valence-corrected chi connectivity index (χ1v) is 11.5. The first kappa shape index (κ1) is 22.3. The van der Waals surface area contributed by atoms with E-state index in [2.05, 4.69) is 29.3 Å². The molecule has 168 valence electrons. The highest BCUT2D eigenvalue weighted by molar-refractivity contribution is 7.08. The van der Waals surface area contributed by atoms with Crippen LogP contribution in [0.15, 0.2) is 74.9 Å². The van der Waals surface area contributed by atoms with Gasteiger partial charge in [0.15, 0.2) is 0 Å². The first-order valence-electron chi connectivity index (χ1n) is 10.6. The zero-order valence-electron chi connectivity index (χ0n) is 18.4. The maximum Gasteiger partial charge on any atom is 0.271 e. The lowest BCUT2D eigenvalue weighted by molar-refractivity contribution is 0.0946. The summed E-state index contributed by atoms with van der Waals surface area (Å²) in [5, 5.41) is 8.83. The molecule has 0 aliphatic rings. The summed E-state index contributed by atoms with van der Waals surface area (Å²) in [5.41, 5.74) is 12.1. The molecule has 8 heteroatoms. The van der Waals surface area contributed by atoms with Crippen molar-refractivity contribution in [1.82, 2.24) is 5.43 Å². The van der Waals surface area contributed by atoms with Crippen molar-refractivity contribution in [2.24, 2.45) is 10.8 Å². The number of anilines is 1. The second-order valence-electron chi connectivity index (χ2n) is 7.37. The fourth-order valence-corrected chi connectivity index (χ4v) is 4.23. The Bertz CT molecular complexity index is 1350. The molecule has 0 saturated carbocycles. The van der Waals surface area contributed by atoms with Crippen LogP contribution in [0.25, 0.3) is 22.1 Å². The van der Waals surface area contributed by atoms with E-state index in [1.54, 1.807) is 29.5 Å². The average Bonchev–Trinajstić information content (AvgIpc) is 3.37. The monoisotopic (exact) mass is 460 g/mol. The Morgan fingerprint density at radius 3 is 2.42 bits per heavy atom. The number of rotatable bonds is 7. The predicted molar refractivity (Wildman–Crippen MR) is 131 cm³/mol. The average molecular weight is 461 g/mol. The van der Waals surface area contributed by atoms with Crippen molar-refractivity contribution in [1.29, 1.82) is 0 Å². The van der Waals surface area contributed by atoms with Gasteiger partial charge in [-0.3, -0.25) is 9.59 Å². The molecule has 4 aromatic rings. The van der Waals surface area contributed by atoms with Crippen LogP contribution in [0.5, 0.6) is 0 Å². The van der Waals surface area contributed by atoms with Crippen LogP contribution in [0.3, 0.4) is 0 Å². The molecule has 0 atom stereocenters. The van der Waals surface area contributed by atoms with E-state index in [4.69, 9.17) is 10.2 Å². The summed E-state index contributed by atoms with van der Waals surface area (Å²) in [5.74, 6) is -1.11. The molecule has 2 aromatic heterocycles. The van der Waals surface area contributed by atoms with Crippen LogP contribution in [-0.4, -0.2) is 24.9 Å². The van der Waals surface area contributed by atoms with Gasteiger partial charge in [-0.1, -0.05) is 12.1 Å². The first-order chi connectivity index (χ1) is 16.0. The van der Waals surface area contributed by atoms with Gasteiger partial charge >= 0.3 is 0 Å². The van der Waals surface area contributed by atoms with E-state index in [1.165, 1.54) is 0 Å². The van der Waals surface area contributed by atoms with Crippen molar-refractivity contribution >= 4 is 39.8 Å². The normalized spacial score (nSPS) is 11.5.